The van der Waals surface area contributed by atoms with Gasteiger partial charge in [0.05, 0.1) is 41.3 Å². The van der Waals surface area contributed by atoms with Crippen LogP contribution in [0.3, 0.4) is 0 Å². The van der Waals surface area contributed by atoms with Crippen LogP contribution in [0.2, 0.25) is 0 Å². The average Bonchev–Trinajstić information content (AvgIpc) is 3.64. The van der Waals surface area contributed by atoms with Crippen LogP contribution >= 0.6 is 23.1 Å². The Hall–Kier alpha value is -5.12. The lowest BCUT2D eigenvalue weighted by molar-refractivity contribution is -0.138. The molecule has 1 aliphatic heterocycles. The summed E-state index contributed by atoms with van der Waals surface area (Å²) < 4.78 is 13.3. The fraction of sp³-hybridized carbons (Fsp3) is 0.132. The van der Waals surface area contributed by atoms with Crippen LogP contribution in [-0.4, -0.2) is 35.5 Å². The molecule has 1 aliphatic rings. The molecular weight excluding hydrogens is 627 g/mol. The Labute approximate surface area is 279 Å². The van der Waals surface area contributed by atoms with Gasteiger partial charge in [-0.25, -0.2) is 9.79 Å². The third kappa shape index (κ3) is 5.62. The van der Waals surface area contributed by atoms with E-state index in [-0.39, 0.29) is 12.2 Å². The molecule has 0 radical (unpaired) electrons. The van der Waals surface area contributed by atoms with E-state index in [1.165, 1.54) is 11.3 Å². The number of rotatable bonds is 8. The number of aromatic amines is 1. The minimum absolute atomic E-state index is 0.194. The predicted molar refractivity (Wildman–Crippen MR) is 190 cm³/mol. The summed E-state index contributed by atoms with van der Waals surface area (Å²) in [7, 11) is 1.64. The first kappa shape index (κ1) is 30.5. The topological polar surface area (TPSA) is 85.7 Å². The molecule has 0 saturated carbocycles. The van der Waals surface area contributed by atoms with Gasteiger partial charge in [-0.1, -0.05) is 84.1 Å². The number of fused-ring (bicyclic) bond motifs is 2. The number of benzene rings is 4. The van der Waals surface area contributed by atoms with E-state index in [1.807, 2.05) is 115 Å². The number of thiazole rings is 1. The molecule has 0 fully saturated rings. The van der Waals surface area contributed by atoms with E-state index in [2.05, 4.69) is 4.98 Å². The Kier molecular flexibility index (Phi) is 8.41. The Bertz CT molecular complexity index is 2320. The molecule has 0 spiro atoms. The van der Waals surface area contributed by atoms with Crippen LogP contribution in [0.5, 0.6) is 5.75 Å². The summed E-state index contributed by atoms with van der Waals surface area (Å²) in [4.78, 5) is 38.5. The van der Waals surface area contributed by atoms with Gasteiger partial charge in [-0.3, -0.25) is 9.36 Å². The van der Waals surface area contributed by atoms with Crippen LogP contribution in [0.15, 0.2) is 123 Å². The van der Waals surface area contributed by atoms with E-state index in [1.54, 1.807) is 30.4 Å². The van der Waals surface area contributed by atoms with Gasteiger partial charge in [0, 0.05) is 26.9 Å². The highest BCUT2D eigenvalue weighted by Gasteiger charge is 2.35. The van der Waals surface area contributed by atoms with Crippen molar-refractivity contribution in [3.05, 3.63) is 145 Å². The second kappa shape index (κ2) is 12.9. The number of nitrogens with one attached hydrogen (secondary N) is 1. The van der Waals surface area contributed by atoms with Crippen molar-refractivity contribution in [2.45, 2.75) is 17.9 Å². The quantitative estimate of drug-likeness (QED) is 0.144. The van der Waals surface area contributed by atoms with Gasteiger partial charge in [-0.15, -0.1) is 11.8 Å². The van der Waals surface area contributed by atoms with Crippen molar-refractivity contribution >= 4 is 51.7 Å². The molecule has 234 valence electrons. The number of thioether (sulfide) groups is 1. The second-order valence-electron chi connectivity index (χ2n) is 10.9. The van der Waals surface area contributed by atoms with Gasteiger partial charge in [0.25, 0.3) is 5.56 Å². The molecule has 1 atom stereocenters. The van der Waals surface area contributed by atoms with Gasteiger partial charge in [0.2, 0.25) is 0 Å². The van der Waals surface area contributed by atoms with E-state index in [0.717, 1.165) is 43.7 Å². The maximum Gasteiger partial charge on any atom is 0.338 e. The third-order valence-electron chi connectivity index (χ3n) is 8.19. The summed E-state index contributed by atoms with van der Waals surface area (Å²) >= 11 is 2.94. The summed E-state index contributed by atoms with van der Waals surface area (Å²) in [6.07, 6.45) is 3.94. The molecule has 4 aromatic carbocycles. The fourth-order valence-corrected chi connectivity index (χ4v) is 7.37. The number of hydrogen-bond donors (Lipinski definition) is 1. The molecule has 47 heavy (non-hydrogen) atoms. The average molecular weight is 658 g/mol. The van der Waals surface area contributed by atoms with Gasteiger partial charge in [0.15, 0.2) is 4.80 Å². The second-order valence-corrected chi connectivity index (χ2v) is 12.8. The van der Waals surface area contributed by atoms with E-state index in [4.69, 9.17) is 14.5 Å². The number of aromatic nitrogens is 2. The van der Waals surface area contributed by atoms with E-state index < -0.39 is 12.0 Å². The molecule has 6 aromatic rings. The lowest BCUT2D eigenvalue weighted by Gasteiger charge is -2.26. The first-order valence-electron chi connectivity index (χ1n) is 15.2. The molecule has 9 heteroatoms. The van der Waals surface area contributed by atoms with Crippen molar-refractivity contribution in [2.24, 2.45) is 4.99 Å². The number of H-pyrrole nitrogens is 1. The lowest BCUT2D eigenvalue weighted by Crippen LogP contribution is -2.40. The minimum Gasteiger partial charge on any atom is -0.497 e. The largest absolute Gasteiger partial charge is 0.497 e. The standard InChI is InChI=1S/C38H31N3O4S2/c1-4-45-37(43)32-34(24-13-9-6-10-14-24)40-38-41(35(32)25-15-18-27(46-3)19-16-25)36(42)31(47-38)22-29-28-21-26(44-2)17-20-30(28)39-33(29)23-11-7-5-8-12-23/h5-22,35,39H,4H2,1-3H3/b31-22-/t35-/m0/s1. The number of hydrogen-bond acceptors (Lipinski definition) is 7. The van der Waals surface area contributed by atoms with Crippen molar-refractivity contribution in [3.8, 4) is 17.0 Å². The molecule has 0 aliphatic carbocycles. The highest BCUT2D eigenvalue weighted by molar-refractivity contribution is 7.98. The molecule has 1 N–H and O–H groups in total. The summed E-state index contributed by atoms with van der Waals surface area (Å²) in [5, 5.41) is 0.926. The minimum atomic E-state index is -0.741. The number of carbonyl (C=O) groups is 1. The highest BCUT2D eigenvalue weighted by Crippen LogP contribution is 2.36. The van der Waals surface area contributed by atoms with Crippen molar-refractivity contribution in [1.29, 1.82) is 0 Å². The summed E-state index contributed by atoms with van der Waals surface area (Å²) in [6.45, 7) is 1.97. The molecule has 3 heterocycles. The number of nitrogens with zero attached hydrogens (tertiary/aromatic N) is 2. The number of methoxy groups -OCH3 is 1. The van der Waals surface area contributed by atoms with Gasteiger partial charge >= 0.3 is 5.97 Å². The van der Waals surface area contributed by atoms with E-state index in [0.29, 0.717) is 26.4 Å². The summed E-state index contributed by atoms with van der Waals surface area (Å²) in [6, 6.07) is 32.7. The molecule has 2 aromatic heterocycles. The SMILES string of the molecule is CCOC(=O)C1=C(c2ccccc2)N=c2s/c(=C\c3c(-c4ccccc4)[nH]c4ccc(OC)cc34)c(=O)n2[C@H]1c1ccc(SC)cc1. The van der Waals surface area contributed by atoms with Crippen LogP contribution < -0.4 is 19.6 Å². The third-order valence-corrected chi connectivity index (χ3v) is 9.92. The number of ether oxygens (including phenoxy) is 2. The Morgan fingerprint density at radius 3 is 2.34 bits per heavy atom. The molecule has 0 amide bonds. The van der Waals surface area contributed by atoms with Crippen molar-refractivity contribution in [3.63, 3.8) is 0 Å². The Morgan fingerprint density at radius 1 is 0.979 bits per heavy atom. The van der Waals surface area contributed by atoms with E-state index >= 15 is 0 Å². The van der Waals surface area contributed by atoms with Crippen LogP contribution in [0.1, 0.15) is 29.7 Å². The highest BCUT2D eigenvalue weighted by atomic mass is 32.2. The summed E-state index contributed by atoms with van der Waals surface area (Å²) in [5.74, 6) is 0.214. The smallest absolute Gasteiger partial charge is 0.338 e. The van der Waals surface area contributed by atoms with Crippen LogP contribution in [0.4, 0.5) is 0 Å². The van der Waals surface area contributed by atoms with Crippen LogP contribution in [0, 0.1) is 0 Å². The number of carbonyl (C=O) groups excluding carboxylic acids is 1. The van der Waals surface area contributed by atoms with Gasteiger partial charge in [0.1, 0.15) is 5.75 Å². The molecule has 0 bridgehead atoms. The first-order valence-corrected chi connectivity index (χ1v) is 17.2. The van der Waals surface area contributed by atoms with Crippen molar-refractivity contribution in [1.82, 2.24) is 9.55 Å². The molecule has 7 rings (SSSR count). The van der Waals surface area contributed by atoms with Gasteiger partial charge in [-0.05, 0) is 60.7 Å². The van der Waals surface area contributed by atoms with Crippen LogP contribution in [-0.2, 0) is 9.53 Å². The normalized spacial score (nSPS) is 14.6. The van der Waals surface area contributed by atoms with Crippen molar-refractivity contribution in [2.75, 3.05) is 20.0 Å². The zero-order chi connectivity index (χ0) is 32.5. The molecule has 0 unspecified atom stereocenters. The maximum atomic E-state index is 14.6. The maximum absolute atomic E-state index is 14.6. The van der Waals surface area contributed by atoms with Gasteiger partial charge < -0.3 is 14.5 Å². The lowest BCUT2D eigenvalue weighted by atomic mass is 9.93. The Morgan fingerprint density at radius 2 is 1.68 bits per heavy atom. The summed E-state index contributed by atoms with van der Waals surface area (Å²) in [5.41, 5.74) is 5.82. The van der Waals surface area contributed by atoms with Gasteiger partial charge in [-0.2, -0.15) is 0 Å². The Balaban J connectivity index is 1.53. The molecule has 0 saturated heterocycles. The molecule has 7 nitrogen and oxygen atoms in total. The first-order chi connectivity index (χ1) is 23.0. The molecular formula is C38H31N3O4S2. The monoisotopic (exact) mass is 657 g/mol. The zero-order valence-electron chi connectivity index (χ0n) is 26.0. The fourth-order valence-electron chi connectivity index (χ4n) is 5.97. The zero-order valence-corrected chi connectivity index (χ0v) is 27.7. The van der Waals surface area contributed by atoms with E-state index in [9.17, 15) is 9.59 Å². The predicted octanol–water partition coefficient (Wildman–Crippen LogP) is 6.81. The van der Waals surface area contributed by atoms with Crippen molar-refractivity contribution < 1.29 is 14.3 Å². The van der Waals surface area contributed by atoms with Crippen LogP contribution in [0.25, 0.3) is 33.9 Å². The number of esters is 1.